The van der Waals surface area contributed by atoms with Crippen LogP contribution in [-0.4, -0.2) is 11.9 Å². The molecule has 0 aliphatic heterocycles. The maximum Gasteiger partial charge on any atom is 0.306 e. The van der Waals surface area contributed by atoms with Gasteiger partial charge in [-0.15, -0.1) is 0 Å². The SMILES string of the molecule is Cc1cc(C)cc(CNCc2ccc(COC(=O)CC(C)(C)CC(=O)OCc3ccc(CNCc4cc(C(C)(C)C)cc(C(C)(C)C)c4)cc3)cc2)c1. The third-order valence-electron chi connectivity index (χ3n) is 9.41. The van der Waals surface area contributed by atoms with Crippen molar-refractivity contribution in [3.05, 3.63) is 141 Å². The molecule has 6 nitrogen and oxygen atoms in total. The zero-order valence-corrected chi connectivity index (χ0v) is 33.9. The summed E-state index contributed by atoms with van der Waals surface area (Å²) in [5.41, 5.74) is 11.6. The molecule has 0 aliphatic carbocycles. The number of aryl methyl sites for hydroxylation is 2. The van der Waals surface area contributed by atoms with Crippen LogP contribution in [0.3, 0.4) is 0 Å². The van der Waals surface area contributed by atoms with E-state index in [9.17, 15) is 9.59 Å². The van der Waals surface area contributed by atoms with E-state index in [0.29, 0.717) is 0 Å². The van der Waals surface area contributed by atoms with Gasteiger partial charge in [0, 0.05) is 26.2 Å². The van der Waals surface area contributed by atoms with Gasteiger partial charge in [-0.05, 0) is 74.6 Å². The van der Waals surface area contributed by atoms with Crippen molar-refractivity contribution in [3.8, 4) is 0 Å². The number of benzene rings is 4. The van der Waals surface area contributed by atoms with E-state index in [1.807, 2.05) is 38.1 Å². The number of rotatable bonds is 16. The molecule has 0 spiro atoms. The highest BCUT2D eigenvalue weighted by Gasteiger charge is 2.27. The molecule has 0 atom stereocenters. The Labute approximate surface area is 319 Å². The van der Waals surface area contributed by atoms with E-state index in [4.69, 9.17) is 9.47 Å². The van der Waals surface area contributed by atoms with Crippen LogP contribution < -0.4 is 10.6 Å². The number of ether oxygens (including phenoxy) is 2. The molecule has 0 amide bonds. The molecule has 53 heavy (non-hydrogen) atoms. The standard InChI is InChI=1S/C47H62N2O4/c1-33-19-34(2)21-39(20-33)29-48-27-35-11-15-37(16-12-35)31-52-43(50)25-47(9,10)26-44(51)53-32-38-17-13-36(14-18-38)28-49-30-40-22-41(45(3,4)5)24-42(23-40)46(6,7)8/h11-24,48-49H,25-32H2,1-10H3. The van der Waals surface area contributed by atoms with Crippen LogP contribution in [0.5, 0.6) is 0 Å². The van der Waals surface area contributed by atoms with Crippen molar-refractivity contribution < 1.29 is 19.1 Å². The van der Waals surface area contributed by atoms with E-state index >= 15 is 0 Å². The van der Waals surface area contributed by atoms with E-state index in [2.05, 4.69) is 127 Å². The lowest BCUT2D eigenvalue weighted by atomic mass is 9.79. The molecular formula is C47H62N2O4. The summed E-state index contributed by atoms with van der Waals surface area (Å²) in [6.45, 7) is 25.1. The van der Waals surface area contributed by atoms with Crippen LogP contribution in [0.2, 0.25) is 0 Å². The van der Waals surface area contributed by atoms with Crippen molar-refractivity contribution in [2.75, 3.05) is 0 Å². The summed E-state index contributed by atoms with van der Waals surface area (Å²) in [6, 6.07) is 29.8. The third-order valence-corrected chi connectivity index (χ3v) is 9.41. The third kappa shape index (κ3) is 14.2. The molecule has 4 rings (SSSR count). The van der Waals surface area contributed by atoms with Crippen molar-refractivity contribution in [1.82, 2.24) is 10.6 Å². The predicted octanol–water partition coefficient (Wildman–Crippen LogP) is 10.1. The molecule has 0 bridgehead atoms. The smallest absolute Gasteiger partial charge is 0.306 e. The molecule has 0 aromatic heterocycles. The van der Waals surface area contributed by atoms with E-state index in [1.54, 1.807) is 0 Å². The summed E-state index contributed by atoms with van der Waals surface area (Å²) in [5, 5.41) is 7.09. The second kappa shape index (κ2) is 18.2. The van der Waals surface area contributed by atoms with Crippen LogP contribution in [0.25, 0.3) is 0 Å². The molecule has 0 fully saturated rings. The Hall–Kier alpha value is -4.26. The number of carbonyl (C=O) groups excluding carboxylic acids is 2. The molecule has 0 radical (unpaired) electrons. The maximum absolute atomic E-state index is 12.7. The number of carbonyl (C=O) groups is 2. The Kier molecular flexibility index (Phi) is 14.2. The second-order valence-electron chi connectivity index (χ2n) is 17.6. The number of esters is 2. The first-order chi connectivity index (χ1) is 24.8. The molecule has 4 aromatic carbocycles. The van der Waals surface area contributed by atoms with E-state index in [-0.39, 0.29) is 48.8 Å². The fraction of sp³-hybridized carbons (Fsp3) is 0.447. The van der Waals surface area contributed by atoms with E-state index in [1.165, 1.54) is 44.5 Å². The molecule has 4 aromatic rings. The molecule has 284 valence electrons. The van der Waals surface area contributed by atoms with Crippen LogP contribution in [-0.2, 0) is 69.3 Å². The van der Waals surface area contributed by atoms with Crippen LogP contribution in [0.4, 0.5) is 0 Å². The van der Waals surface area contributed by atoms with Crippen molar-refractivity contribution >= 4 is 11.9 Å². The fourth-order valence-electron chi connectivity index (χ4n) is 6.31. The van der Waals surface area contributed by atoms with Gasteiger partial charge in [-0.25, -0.2) is 0 Å². The lowest BCUT2D eigenvalue weighted by Crippen LogP contribution is -2.23. The van der Waals surface area contributed by atoms with Gasteiger partial charge in [0.05, 0.1) is 12.8 Å². The van der Waals surface area contributed by atoms with Crippen molar-refractivity contribution in [2.24, 2.45) is 5.41 Å². The Balaban J connectivity index is 1.15. The van der Waals surface area contributed by atoms with Crippen molar-refractivity contribution in [1.29, 1.82) is 0 Å². The molecule has 6 heteroatoms. The van der Waals surface area contributed by atoms with Crippen LogP contribution >= 0.6 is 0 Å². The first-order valence-electron chi connectivity index (χ1n) is 19.0. The molecule has 0 saturated carbocycles. The minimum atomic E-state index is -0.588. The molecule has 0 unspecified atom stereocenters. The number of hydrogen-bond acceptors (Lipinski definition) is 6. The summed E-state index contributed by atoms with van der Waals surface area (Å²) in [7, 11) is 0. The molecule has 0 heterocycles. The monoisotopic (exact) mass is 718 g/mol. The van der Waals surface area contributed by atoms with Gasteiger partial charge in [0.1, 0.15) is 13.2 Å². The van der Waals surface area contributed by atoms with E-state index < -0.39 is 5.41 Å². The summed E-state index contributed by atoms with van der Waals surface area (Å²) in [6.07, 6.45) is 0.253. The number of hydrogen-bond donors (Lipinski definition) is 2. The zero-order valence-electron chi connectivity index (χ0n) is 33.9. The zero-order chi connectivity index (χ0) is 38.8. The van der Waals surface area contributed by atoms with Crippen LogP contribution in [0, 0.1) is 19.3 Å². The largest absolute Gasteiger partial charge is 0.461 e. The fourth-order valence-corrected chi connectivity index (χ4v) is 6.31. The molecule has 2 N–H and O–H groups in total. The van der Waals surface area contributed by atoms with Crippen molar-refractivity contribution in [3.63, 3.8) is 0 Å². The van der Waals surface area contributed by atoms with E-state index in [0.717, 1.165) is 37.3 Å². The van der Waals surface area contributed by atoms with Gasteiger partial charge in [-0.3, -0.25) is 9.59 Å². The lowest BCUT2D eigenvalue weighted by molar-refractivity contribution is -0.151. The Bertz CT molecular complexity index is 1760. The van der Waals surface area contributed by atoms with Gasteiger partial charge in [0.15, 0.2) is 0 Å². The topological polar surface area (TPSA) is 76.7 Å². The average Bonchev–Trinajstić information content (AvgIpc) is 3.06. The van der Waals surface area contributed by atoms with Gasteiger partial charge in [0.25, 0.3) is 0 Å². The Morgan fingerprint density at radius 1 is 0.472 bits per heavy atom. The summed E-state index contributed by atoms with van der Waals surface area (Å²) < 4.78 is 11.2. The first kappa shape index (κ1) is 41.5. The minimum Gasteiger partial charge on any atom is -0.461 e. The molecule has 0 aliphatic rings. The lowest BCUT2D eigenvalue weighted by Gasteiger charge is -2.26. The minimum absolute atomic E-state index is 0.0890. The predicted molar refractivity (Wildman–Crippen MR) is 216 cm³/mol. The van der Waals surface area contributed by atoms with Gasteiger partial charge in [-0.1, -0.05) is 151 Å². The van der Waals surface area contributed by atoms with Gasteiger partial charge >= 0.3 is 11.9 Å². The Morgan fingerprint density at radius 2 is 0.811 bits per heavy atom. The maximum atomic E-state index is 12.7. The number of nitrogens with one attached hydrogen (secondary N) is 2. The molecule has 0 saturated heterocycles. The quantitative estimate of drug-likeness (QED) is 0.112. The van der Waals surface area contributed by atoms with Gasteiger partial charge in [0.2, 0.25) is 0 Å². The highest BCUT2D eigenvalue weighted by molar-refractivity contribution is 5.74. The first-order valence-corrected chi connectivity index (χ1v) is 19.0. The van der Waals surface area contributed by atoms with Gasteiger partial charge in [-0.2, -0.15) is 0 Å². The summed E-state index contributed by atoms with van der Waals surface area (Å²) in [4.78, 5) is 25.4. The normalized spacial score (nSPS) is 12.1. The Morgan fingerprint density at radius 3 is 1.19 bits per heavy atom. The average molecular weight is 719 g/mol. The van der Waals surface area contributed by atoms with Crippen LogP contribution in [0.15, 0.2) is 84.9 Å². The van der Waals surface area contributed by atoms with Gasteiger partial charge < -0.3 is 20.1 Å². The summed E-state index contributed by atoms with van der Waals surface area (Å²) >= 11 is 0. The molecular weight excluding hydrogens is 657 g/mol. The van der Waals surface area contributed by atoms with Crippen molar-refractivity contribution in [2.45, 2.75) is 132 Å². The van der Waals surface area contributed by atoms with Crippen LogP contribution in [0.1, 0.15) is 124 Å². The second-order valence-corrected chi connectivity index (χ2v) is 17.6. The summed E-state index contributed by atoms with van der Waals surface area (Å²) in [5.74, 6) is -0.662. The highest BCUT2D eigenvalue weighted by atomic mass is 16.5. The highest BCUT2D eigenvalue weighted by Crippen LogP contribution is 2.31.